The van der Waals surface area contributed by atoms with Crippen molar-refractivity contribution in [2.24, 2.45) is 0 Å². The zero-order valence-electron chi connectivity index (χ0n) is 12.8. The van der Waals surface area contributed by atoms with E-state index < -0.39 is 0 Å². The zero-order valence-corrected chi connectivity index (χ0v) is 12.8. The maximum atomic E-state index is 5.71. The van der Waals surface area contributed by atoms with E-state index in [1.807, 2.05) is 19.2 Å². The lowest BCUT2D eigenvalue weighted by molar-refractivity contribution is 0.0665. The Labute approximate surface area is 122 Å². The molecule has 2 unspecified atom stereocenters. The molecule has 4 nitrogen and oxygen atoms in total. The summed E-state index contributed by atoms with van der Waals surface area (Å²) in [5.41, 5.74) is 1.22. The summed E-state index contributed by atoms with van der Waals surface area (Å²) in [6, 6.07) is 8.51. The fourth-order valence-electron chi connectivity index (χ4n) is 2.80. The molecule has 1 heterocycles. The summed E-state index contributed by atoms with van der Waals surface area (Å²) < 4.78 is 11.2. The fourth-order valence-corrected chi connectivity index (χ4v) is 2.80. The predicted molar refractivity (Wildman–Crippen MR) is 81.3 cm³/mol. The molecule has 1 aromatic carbocycles. The Morgan fingerprint density at radius 1 is 1.45 bits per heavy atom. The molecule has 1 aromatic rings. The van der Waals surface area contributed by atoms with E-state index >= 15 is 0 Å². The van der Waals surface area contributed by atoms with E-state index in [0.717, 1.165) is 38.4 Å². The van der Waals surface area contributed by atoms with E-state index in [1.54, 1.807) is 7.11 Å². The van der Waals surface area contributed by atoms with Crippen molar-refractivity contribution in [1.29, 1.82) is 0 Å². The normalized spacial score (nSPS) is 22.2. The molecular formula is C16H26N2O2. The van der Waals surface area contributed by atoms with Gasteiger partial charge in [-0.05, 0) is 26.5 Å². The molecule has 2 rings (SSSR count). The number of para-hydroxylation sites is 1. The third kappa shape index (κ3) is 3.95. The van der Waals surface area contributed by atoms with Crippen molar-refractivity contribution in [2.45, 2.75) is 25.5 Å². The molecule has 1 fully saturated rings. The van der Waals surface area contributed by atoms with Crippen molar-refractivity contribution in [3.8, 4) is 5.75 Å². The summed E-state index contributed by atoms with van der Waals surface area (Å²) in [5, 5.41) is 3.41. The highest BCUT2D eigenvalue weighted by Crippen LogP contribution is 2.25. The lowest BCUT2D eigenvalue weighted by atomic mass is 10.0. The summed E-state index contributed by atoms with van der Waals surface area (Å²) in [4.78, 5) is 2.48. The minimum Gasteiger partial charge on any atom is -0.496 e. The van der Waals surface area contributed by atoms with Gasteiger partial charge in [-0.2, -0.15) is 0 Å². The summed E-state index contributed by atoms with van der Waals surface area (Å²) in [6.45, 7) is 6.09. The standard InChI is InChI=1S/C16H26N2O2/c1-13-11-18(9-6-10-20-13)12-15(17-2)14-7-4-5-8-16(14)19-3/h4-5,7-8,13,15,17H,6,9-12H2,1-3H3. The van der Waals surface area contributed by atoms with Crippen molar-refractivity contribution in [2.75, 3.05) is 40.4 Å². The highest BCUT2D eigenvalue weighted by molar-refractivity contribution is 5.36. The summed E-state index contributed by atoms with van der Waals surface area (Å²) in [5.74, 6) is 0.950. The first-order valence-electron chi connectivity index (χ1n) is 7.38. The second-order valence-corrected chi connectivity index (χ2v) is 5.38. The third-order valence-corrected chi connectivity index (χ3v) is 3.84. The first kappa shape index (κ1) is 15.3. The Hall–Kier alpha value is -1.10. The Kier molecular flexibility index (Phi) is 5.83. The molecule has 1 saturated heterocycles. The molecule has 1 N–H and O–H groups in total. The average Bonchev–Trinajstić information content (AvgIpc) is 2.69. The number of nitrogens with zero attached hydrogens (tertiary/aromatic N) is 1. The Morgan fingerprint density at radius 3 is 3.00 bits per heavy atom. The van der Waals surface area contributed by atoms with Crippen LogP contribution < -0.4 is 10.1 Å². The van der Waals surface area contributed by atoms with Crippen LogP contribution in [0.2, 0.25) is 0 Å². The number of methoxy groups -OCH3 is 1. The maximum Gasteiger partial charge on any atom is 0.123 e. The molecule has 1 aliphatic rings. The van der Waals surface area contributed by atoms with Crippen LogP contribution in [-0.2, 0) is 4.74 Å². The van der Waals surface area contributed by atoms with E-state index in [4.69, 9.17) is 9.47 Å². The predicted octanol–water partition coefficient (Wildman–Crippen LogP) is 2.07. The lowest BCUT2D eigenvalue weighted by Crippen LogP contribution is -2.37. The Balaban J connectivity index is 2.07. The van der Waals surface area contributed by atoms with Crippen molar-refractivity contribution < 1.29 is 9.47 Å². The van der Waals surface area contributed by atoms with Gasteiger partial charge in [0, 0.05) is 37.8 Å². The van der Waals surface area contributed by atoms with Crippen LogP contribution in [-0.4, -0.2) is 51.4 Å². The molecule has 0 aromatic heterocycles. The van der Waals surface area contributed by atoms with E-state index in [0.29, 0.717) is 6.10 Å². The molecule has 112 valence electrons. The van der Waals surface area contributed by atoms with Gasteiger partial charge in [-0.15, -0.1) is 0 Å². The number of ether oxygens (including phenoxy) is 2. The van der Waals surface area contributed by atoms with Gasteiger partial charge in [0.2, 0.25) is 0 Å². The Bertz CT molecular complexity index is 411. The van der Waals surface area contributed by atoms with E-state index in [1.165, 1.54) is 5.56 Å². The fraction of sp³-hybridized carbons (Fsp3) is 0.625. The molecular weight excluding hydrogens is 252 g/mol. The number of hydrogen-bond donors (Lipinski definition) is 1. The molecule has 1 aliphatic heterocycles. The van der Waals surface area contributed by atoms with Crippen LogP contribution in [0.4, 0.5) is 0 Å². The minimum absolute atomic E-state index is 0.274. The minimum atomic E-state index is 0.274. The van der Waals surface area contributed by atoms with Gasteiger partial charge in [-0.1, -0.05) is 18.2 Å². The van der Waals surface area contributed by atoms with Crippen LogP contribution in [0.3, 0.4) is 0 Å². The average molecular weight is 278 g/mol. The maximum absolute atomic E-state index is 5.71. The van der Waals surface area contributed by atoms with Crippen LogP contribution >= 0.6 is 0 Å². The second-order valence-electron chi connectivity index (χ2n) is 5.38. The van der Waals surface area contributed by atoms with Crippen molar-refractivity contribution in [3.63, 3.8) is 0 Å². The van der Waals surface area contributed by atoms with Crippen molar-refractivity contribution in [3.05, 3.63) is 29.8 Å². The number of rotatable bonds is 5. The zero-order chi connectivity index (χ0) is 14.4. The molecule has 0 amide bonds. The summed E-state index contributed by atoms with van der Waals surface area (Å²) in [6.07, 6.45) is 1.42. The molecule has 2 atom stereocenters. The monoisotopic (exact) mass is 278 g/mol. The van der Waals surface area contributed by atoms with Crippen LogP contribution in [0.5, 0.6) is 5.75 Å². The molecule has 0 spiro atoms. The van der Waals surface area contributed by atoms with Crippen LogP contribution in [0.1, 0.15) is 24.9 Å². The third-order valence-electron chi connectivity index (χ3n) is 3.84. The quantitative estimate of drug-likeness (QED) is 0.894. The molecule has 20 heavy (non-hydrogen) atoms. The Morgan fingerprint density at radius 2 is 2.25 bits per heavy atom. The van der Waals surface area contributed by atoms with Crippen LogP contribution in [0.25, 0.3) is 0 Å². The van der Waals surface area contributed by atoms with Gasteiger partial charge in [0.15, 0.2) is 0 Å². The highest BCUT2D eigenvalue weighted by atomic mass is 16.5. The molecule has 0 radical (unpaired) electrons. The number of benzene rings is 1. The van der Waals surface area contributed by atoms with Crippen molar-refractivity contribution >= 4 is 0 Å². The summed E-state index contributed by atoms with van der Waals surface area (Å²) in [7, 11) is 3.74. The van der Waals surface area contributed by atoms with Gasteiger partial charge in [-0.25, -0.2) is 0 Å². The van der Waals surface area contributed by atoms with E-state index in [9.17, 15) is 0 Å². The first-order chi connectivity index (χ1) is 9.74. The topological polar surface area (TPSA) is 33.7 Å². The van der Waals surface area contributed by atoms with Gasteiger partial charge in [0.1, 0.15) is 5.75 Å². The largest absolute Gasteiger partial charge is 0.496 e. The number of hydrogen-bond acceptors (Lipinski definition) is 4. The number of likely N-dealkylation sites (N-methyl/N-ethyl adjacent to an activating group) is 1. The van der Waals surface area contributed by atoms with Gasteiger partial charge in [0.05, 0.1) is 13.2 Å². The SMILES string of the molecule is CNC(CN1CCCOC(C)C1)c1ccccc1OC. The smallest absolute Gasteiger partial charge is 0.123 e. The first-order valence-corrected chi connectivity index (χ1v) is 7.38. The molecule has 0 bridgehead atoms. The van der Waals surface area contributed by atoms with E-state index in [-0.39, 0.29) is 6.04 Å². The van der Waals surface area contributed by atoms with E-state index in [2.05, 4.69) is 29.3 Å². The summed E-state index contributed by atoms with van der Waals surface area (Å²) >= 11 is 0. The second kappa shape index (κ2) is 7.62. The van der Waals surface area contributed by atoms with Gasteiger partial charge >= 0.3 is 0 Å². The molecule has 4 heteroatoms. The van der Waals surface area contributed by atoms with Crippen LogP contribution in [0.15, 0.2) is 24.3 Å². The van der Waals surface area contributed by atoms with Crippen LogP contribution in [0, 0.1) is 0 Å². The number of nitrogens with one attached hydrogen (secondary N) is 1. The molecule has 0 saturated carbocycles. The highest BCUT2D eigenvalue weighted by Gasteiger charge is 2.21. The van der Waals surface area contributed by atoms with Gasteiger partial charge < -0.3 is 14.8 Å². The van der Waals surface area contributed by atoms with Gasteiger partial charge in [-0.3, -0.25) is 4.90 Å². The lowest BCUT2D eigenvalue weighted by Gasteiger charge is -2.28. The molecule has 0 aliphatic carbocycles. The van der Waals surface area contributed by atoms with Crippen molar-refractivity contribution in [1.82, 2.24) is 10.2 Å². The van der Waals surface area contributed by atoms with Gasteiger partial charge in [0.25, 0.3) is 0 Å².